The molecule has 2 rings (SSSR count). The SMILES string of the molecule is CC1CCCC(C)N1NC1=NCCCC1. The first-order valence-corrected chi connectivity index (χ1v) is 6.35. The number of amidine groups is 1. The second-order valence-corrected chi connectivity index (χ2v) is 4.93. The monoisotopic (exact) mass is 209 g/mol. The predicted octanol–water partition coefficient (Wildman–Crippen LogP) is 2.34. The van der Waals surface area contributed by atoms with E-state index in [4.69, 9.17) is 0 Å². The normalized spacial score (nSPS) is 33.6. The largest absolute Gasteiger partial charge is 0.306 e. The van der Waals surface area contributed by atoms with Crippen LogP contribution in [-0.4, -0.2) is 29.5 Å². The third kappa shape index (κ3) is 2.71. The van der Waals surface area contributed by atoms with Crippen LogP contribution in [0, 0.1) is 0 Å². The van der Waals surface area contributed by atoms with Gasteiger partial charge in [-0.25, -0.2) is 5.01 Å². The zero-order chi connectivity index (χ0) is 10.7. The summed E-state index contributed by atoms with van der Waals surface area (Å²) < 4.78 is 0. The Balaban J connectivity index is 1.93. The molecule has 0 bridgehead atoms. The molecule has 3 heteroatoms. The lowest BCUT2D eigenvalue weighted by Gasteiger charge is -2.40. The minimum atomic E-state index is 0.651. The van der Waals surface area contributed by atoms with Crippen LogP contribution >= 0.6 is 0 Å². The third-order valence-electron chi connectivity index (χ3n) is 3.58. The first-order chi connectivity index (χ1) is 7.27. The van der Waals surface area contributed by atoms with Gasteiger partial charge in [0.25, 0.3) is 0 Å². The van der Waals surface area contributed by atoms with Crippen LogP contribution in [0.3, 0.4) is 0 Å². The Labute approximate surface area is 92.9 Å². The van der Waals surface area contributed by atoms with Crippen molar-refractivity contribution in [1.29, 1.82) is 0 Å². The van der Waals surface area contributed by atoms with Gasteiger partial charge in [0, 0.05) is 25.0 Å². The molecule has 0 amide bonds. The second-order valence-electron chi connectivity index (χ2n) is 4.93. The fourth-order valence-corrected chi connectivity index (χ4v) is 2.58. The van der Waals surface area contributed by atoms with Crippen molar-refractivity contribution in [2.75, 3.05) is 6.54 Å². The van der Waals surface area contributed by atoms with Gasteiger partial charge in [0.05, 0.1) is 0 Å². The molecule has 0 aliphatic carbocycles. The molecule has 1 fully saturated rings. The van der Waals surface area contributed by atoms with E-state index in [1.807, 2.05) is 0 Å². The summed E-state index contributed by atoms with van der Waals surface area (Å²) in [5, 5.41) is 2.41. The predicted molar refractivity (Wildman–Crippen MR) is 63.9 cm³/mol. The maximum atomic E-state index is 4.56. The van der Waals surface area contributed by atoms with E-state index in [9.17, 15) is 0 Å². The van der Waals surface area contributed by atoms with Gasteiger partial charge in [0.1, 0.15) is 5.84 Å². The first-order valence-electron chi connectivity index (χ1n) is 6.35. The molecule has 2 heterocycles. The van der Waals surface area contributed by atoms with Gasteiger partial charge in [-0.3, -0.25) is 4.99 Å². The molecule has 1 saturated heterocycles. The van der Waals surface area contributed by atoms with E-state index in [1.54, 1.807) is 0 Å². The van der Waals surface area contributed by atoms with Gasteiger partial charge in [0.2, 0.25) is 0 Å². The molecule has 0 aromatic rings. The van der Waals surface area contributed by atoms with E-state index in [-0.39, 0.29) is 0 Å². The summed E-state index contributed by atoms with van der Waals surface area (Å²) in [5.74, 6) is 1.21. The molecule has 0 radical (unpaired) electrons. The minimum Gasteiger partial charge on any atom is -0.306 e. The maximum absolute atomic E-state index is 4.56. The Hall–Kier alpha value is -0.570. The van der Waals surface area contributed by atoms with E-state index in [2.05, 4.69) is 29.3 Å². The number of hydrogen-bond acceptors (Lipinski definition) is 3. The Morgan fingerprint density at radius 1 is 1.13 bits per heavy atom. The van der Waals surface area contributed by atoms with Crippen LogP contribution in [0.4, 0.5) is 0 Å². The lowest BCUT2D eigenvalue weighted by molar-refractivity contribution is 0.0727. The number of rotatable bonds is 1. The number of hydrogen-bond donors (Lipinski definition) is 1. The number of nitrogens with one attached hydrogen (secondary N) is 1. The summed E-state index contributed by atoms with van der Waals surface area (Å²) in [6.45, 7) is 5.64. The zero-order valence-electron chi connectivity index (χ0n) is 10.00. The molecular weight excluding hydrogens is 186 g/mol. The van der Waals surface area contributed by atoms with Crippen LogP contribution in [0.1, 0.15) is 52.4 Å². The Kier molecular flexibility index (Phi) is 3.62. The van der Waals surface area contributed by atoms with Gasteiger partial charge >= 0.3 is 0 Å². The minimum absolute atomic E-state index is 0.651. The summed E-state index contributed by atoms with van der Waals surface area (Å²) >= 11 is 0. The van der Waals surface area contributed by atoms with E-state index in [1.165, 1.54) is 37.9 Å². The average molecular weight is 209 g/mol. The van der Waals surface area contributed by atoms with Gasteiger partial charge in [-0.2, -0.15) is 0 Å². The van der Waals surface area contributed by atoms with Crippen molar-refractivity contribution in [2.45, 2.75) is 64.5 Å². The van der Waals surface area contributed by atoms with Gasteiger partial charge < -0.3 is 5.43 Å². The highest BCUT2D eigenvalue weighted by atomic mass is 15.5. The zero-order valence-corrected chi connectivity index (χ0v) is 10.00. The molecule has 3 nitrogen and oxygen atoms in total. The van der Waals surface area contributed by atoms with Crippen LogP contribution in [0.25, 0.3) is 0 Å². The van der Waals surface area contributed by atoms with Crippen LogP contribution in [0.2, 0.25) is 0 Å². The summed E-state index contributed by atoms with van der Waals surface area (Å²) in [6.07, 6.45) is 7.68. The number of hydrazine groups is 1. The van der Waals surface area contributed by atoms with Crippen LogP contribution in [0.15, 0.2) is 4.99 Å². The van der Waals surface area contributed by atoms with Crippen molar-refractivity contribution in [3.05, 3.63) is 0 Å². The van der Waals surface area contributed by atoms with Gasteiger partial charge in [-0.1, -0.05) is 6.42 Å². The van der Waals surface area contributed by atoms with E-state index in [0.717, 1.165) is 13.0 Å². The number of aliphatic imine (C=N–C) groups is 1. The number of piperidine rings is 1. The molecule has 86 valence electrons. The Morgan fingerprint density at radius 2 is 1.87 bits per heavy atom. The summed E-state index contributed by atoms with van der Waals surface area (Å²) in [7, 11) is 0. The van der Waals surface area contributed by atoms with Crippen molar-refractivity contribution in [2.24, 2.45) is 4.99 Å². The summed E-state index contributed by atoms with van der Waals surface area (Å²) in [6, 6.07) is 1.30. The van der Waals surface area contributed by atoms with Crippen molar-refractivity contribution in [3.63, 3.8) is 0 Å². The molecule has 2 atom stereocenters. The van der Waals surface area contributed by atoms with E-state index >= 15 is 0 Å². The summed E-state index contributed by atoms with van der Waals surface area (Å²) in [4.78, 5) is 4.56. The Bertz CT molecular complexity index is 227. The third-order valence-corrected chi connectivity index (χ3v) is 3.58. The first kappa shape index (κ1) is 10.9. The van der Waals surface area contributed by atoms with Crippen molar-refractivity contribution < 1.29 is 0 Å². The lowest BCUT2D eigenvalue weighted by atomic mass is 10.00. The van der Waals surface area contributed by atoms with Crippen LogP contribution in [0.5, 0.6) is 0 Å². The van der Waals surface area contributed by atoms with Crippen molar-refractivity contribution >= 4 is 5.84 Å². The standard InChI is InChI=1S/C12H23N3/c1-10-6-5-7-11(2)15(10)14-12-8-3-4-9-13-12/h10-11H,3-9H2,1-2H3,(H,13,14). The highest BCUT2D eigenvalue weighted by Gasteiger charge is 2.25. The maximum Gasteiger partial charge on any atom is 0.111 e. The van der Waals surface area contributed by atoms with Gasteiger partial charge in [-0.05, 0) is 39.5 Å². The molecule has 2 aliphatic rings. The molecule has 0 aromatic carbocycles. The van der Waals surface area contributed by atoms with Crippen molar-refractivity contribution in [1.82, 2.24) is 10.4 Å². The topological polar surface area (TPSA) is 27.6 Å². The highest BCUT2D eigenvalue weighted by molar-refractivity contribution is 5.82. The quantitative estimate of drug-likeness (QED) is 0.718. The average Bonchev–Trinajstić information content (AvgIpc) is 2.25. The molecule has 0 saturated carbocycles. The van der Waals surface area contributed by atoms with Crippen molar-refractivity contribution in [3.8, 4) is 0 Å². The second kappa shape index (κ2) is 4.97. The molecule has 0 spiro atoms. The summed E-state index contributed by atoms with van der Waals surface area (Å²) in [5.41, 5.74) is 3.54. The molecule has 2 aliphatic heterocycles. The molecule has 0 aromatic heterocycles. The fourth-order valence-electron chi connectivity index (χ4n) is 2.58. The highest BCUT2D eigenvalue weighted by Crippen LogP contribution is 2.20. The number of nitrogens with zero attached hydrogens (tertiary/aromatic N) is 2. The Morgan fingerprint density at radius 3 is 2.47 bits per heavy atom. The molecular formula is C12H23N3. The van der Waals surface area contributed by atoms with Crippen LogP contribution in [-0.2, 0) is 0 Å². The molecule has 15 heavy (non-hydrogen) atoms. The lowest BCUT2D eigenvalue weighted by Crippen LogP contribution is -2.54. The molecule has 2 unspecified atom stereocenters. The van der Waals surface area contributed by atoms with Gasteiger partial charge in [-0.15, -0.1) is 0 Å². The van der Waals surface area contributed by atoms with Gasteiger partial charge in [0.15, 0.2) is 0 Å². The fraction of sp³-hybridized carbons (Fsp3) is 0.917. The van der Waals surface area contributed by atoms with E-state index < -0.39 is 0 Å². The van der Waals surface area contributed by atoms with E-state index in [0.29, 0.717) is 12.1 Å². The molecule has 1 N–H and O–H groups in total. The van der Waals surface area contributed by atoms with Crippen LogP contribution < -0.4 is 5.43 Å². The smallest absolute Gasteiger partial charge is 0.111 e.